The Morgan fingerprint density at radius 1 is 1.67 bits per heavy atom. The highest BCUT2D eigenvalue weighted by molar-refractivity contribution is 7.99. The van der Waals surface area contributed by atoms with Gasteiger partial charge in [0.2, 0.25) is 0 Å². The molecule has 5 heteroatoms. The summed E-state index contributed by atoms with van der Waals surface area (Å²) in [6, 6.07) is 1.51. The van der Waals surface area contributed by atoms with Gasteiger partial charge in [-0.05, 0) is 30.9 Å². The Hall–Kier alpha value is -0.420. The molecule has 1 aliphatic carbocycles. The third-order valence-corrected chi connectivity index (χ3v) is 4.55. The smallest absolute Gasteiger partial charge is 0.251 e. The van der Waals surface area contributed by atoms with Crippen LogP contribution >= 0.6 is 24.4 Å². The van der Waals surface area contributed by atoms with Gasteiger partial charge in [-0.2, -0.15) is 12.6 Å². The molecule has 1 aliphatic rings. The zero-order chi connectivity index (χ0) is 10.9. The summed E-state index contributed by atoms with van der Waals surface area (Å²) in [6.07, 6.45) is 2.50. The summed E-state index contributed by atoms with van der Waals surface area (Å²) in [7, 11) is 0. The summed E-state index contributed by atoms with van der Waals surface area (Å²) in [4.78, 5) is 18.2. The van der Waals surface area contributed by atoms with Crippen molar-refractivity contribution in [3.05, 3.63) is 22.1 Å². The molecular weight excluding hydrogens is 228 g/mol. The predicted octanol–water partition coefficient (Wildman–Crippen LogP) is 1.88. The van der Waals surface area contributed by atoms with E-state index in [1.807, 2.05) is 6.92 Å². The Morgan fingerprint density at radius 3 is 2.93 bits per heavy atom. The van der Waals surface area contributed by atoms with Crippen LogP contribution in [0.2, 0.25) is 0 Å². The number of nitrogens with one attached hydrogen (secondary N) is 1. The molecule has 82 valence electrons. The van der Waals surface area contributed by atoms with Gasteiger partial charge in [0.15, 0.2) is 5.16 Å². The summed E-state index contributed by atoms with van der Waals surface area (Å²) in [5.41, 5.74) is 1.11. The van der Waals surface area contributed by atoms with E-state index in [0.29, 0.717) is 5.41 Å². The molecule has 0 aromatic carbocycles. The lowest BCUT2D eigenvalue weighted by Gasteiger charge is -2.09. The molecule has 0 aliphatic heterocycles. The van der Waals surface area contributed by atoms with Gasteiger partial charge in [0, 0.05) is 17.5 Å². The van der Waals surface area contributed by atoms with Crippen molar-refractivity contribution in [1.82, 2.24) is 9.97 Å². The average Bonchev–Trinajstić information content (AvgIpc) is 2.94. The van der Waals surface area contributed by atoms with Crippen LogP contribution in [0, 0.1) is 12.3 Å². The molecule has 0 saturated heterocycles. The summed E-state index contributed by atoms with van der Waals surface area (Å²) >= 11 is 5.97. The van der Waals surface area contributed by atoms with E-state index in [0.717, 1.165) is 22.4 Å². The fourth-order valence-electron chi connectivity index (χ4n) is 1.37. The fraction of sp³-hybridized carbons (Fsp3) is 0.600. The highest BCUT2D eigenvalue weighted by atomic mass is 32.2. The zero-order valence-corrected chi connectivity index (χ0v) is 10.3. The van der Waals surface area contributed by atoms with E-state index in [1.165, 1.54) is 18.9 Å². The quantitative estimate of drug-likeness (QED) is 0.481. The summed E-state index contributed by atoms with van der Waals surface area (Å²) in [5.74, 6) is 1.93. The van der Waals surface area contributed by atoms with Crippen molar-refractivity contribution in [3.8, 4) is 0 Å². The first-order valence-electron chi connectivity index (χ1n) is 4.95. The maximum atomic E-state index is 11.2. The molecule has 1 aromatic heterocycles. The van der Waals surface area contributed by atoms with Gasteiger partial charge in [-0.3, -0.25) is 4.79 Å². The van der Waals surface area contributed by atoms with E-state index >= 15 is 0 Å². The van der Waals surface area contributed by atoms with Crippen molar-refractivity contribution in [3.63, 3.8) is 0 Å². The van der Waals surface area contributed by atoms with Crippen LogP contribution < -0.4 is 5.56 Å². The standard InChI is InChI=1S/C10H14N2OS2/c1-7-4-8(13)12-9(11-7)15-6-10(5-14)2-3-10/h4,14H,2-3,5-6H2,1H3,(H,11,12,13). The second-order valence-corrected chi connectivity index (χ2v) is 5.42. The molecule has 15 heavy (non-hydrogen) atoms. The molecule has 1 saturated carbocycles. The van der Waals surface area contributed by atoms with Crippen molar-refractivity contribution < 1.29 is 0 Å². The first-order chi connectivity index (χ1) is 7.13. The van der Waals surface area contributed by atoms with Gasteiger partial charge in [-0.25, -0.2) is 4.98 Å². The number of nitrogens with zero attached hydrogens (tertiary/aromatic N) is 1. The molecule has 3 nitrogen and oxygen atoms in total. The van der Waals surface area contributed by atoms with Gasteiger partial charge < -0.3 is 4.98 Å². The maximum Gasteiger partial charge on any atom is 0.251 e. The number of thioether (sulfide) groups is 1. The number of hydrogen-bond donors (Lipinski definition) is 2. The van der Waals surface area contributed by atoms with Crippen LogP contribution in [0.5, 0.6) is 0 Å². The number of aromatic nitrogens is 2. The van der Waals surface area contributed by atoms with Gasteiger partial charge in [0.1, 0.15) is 0 Å². The topological polar surface area (TPSA) is 45.8 Å². The molecule has 2 rings (SSSR count). The lowest BCUT2D eigenvalue weighted by molar-refractivity contribution is 0.681. The summed E-state index contributed by atoms with van der Waals surface area (Å²) < 4.78 is 0. The van der Waals surface area contributed by atoms with Crippen molar-refractivity contribution in [2.24, 2.45) is 5.41 Å². The predicted molar refractivity (Wildman–Crippen MR) is 65.8 cm³/mol. The largest absolute Gasteiger partial charge is 0.301 e. The zero-order valence-electron chi connectivity index (χ0n) is 8.62. The number of H-pyrrole nitrogens is 1. The summed E-state index contributed by atoms with van der Waals surface area (Å²) in [6.45, 7) is 1.84. The first-order valence-corrected chi connectivity index (χ1v) is 6.57. The number of hydrogen-bond acceptors (Lipinski definition) is 4. The molecule has 1 N–H and O–H groups in total. The van der Waals surface area contributed by atoms with E-state index in [1.54, 1.807) is 11.8 Å². The molecule has 1 aromatic rings. The molecule has 0 atom stereocenters. The number of aryl methyl sites for hydroxylation is 1. The normalized spacial score (nSPS) is 17.7. The molecule has 0 spiro atoms. The van der Waals surface area contributed by atoms with E-state index in [-0.39, 0.29) is 5.56 Å². The van der Waals surface area contributed by atoms with Gasteiger partial charge in [0.05, 0.1) is 0 Å². The fourth-order valence-corrected chi connectivity index (χ4v) is 3.16. The minimum atomic E-state index is -0.0688. The number of thiol groups is 1. The van der Waals surface area contributed by atoms with Crippen LogP contribution in [0.15, 0.2) is 16.0 Å². The molecule has 0 amide bonds. The van der Waals surface area contributed by atoms with E-state index in [2.05, 4.69) is 22.6 Å². The van der Waals surface area contributed by atoms with E-state index in [4.69, 9.17) is 0 Å². The van der Waals surface area contributed by atoms with Gasteiger partial charge in [-0.1, -0.05) is 11.8 Å². The Morgan fingerprint density at radius 2 is 2.40 bits per heavy atom. The summed E-state index contributed by atoms with van der Waals surface area (Å²) in [5, 5.41) is 0.730. The maximum absolute atomic E-state index is 11.2. The van der Waals surface area contributed by atoms with Crippen LogP contribution in [-0.2, 0) is 0 Å². The molecule has 0 bridgehead atoms. The Kier molecular flexibility index (Phi) is 3.11. The van der Waals surface area contributed by atoms with Crippen molar-refractivity contribution in [2.75, 3.05) is 11.5 Å². The van der Waals surface area contributed by atoms with Crippen molar-refractivity contribution in [1.29, 1.82) is 0 Å². The van der Waals surface area contributed by atoms with E-state index < -0.39 is 0 Å². The third kappa shape index (κ3) is 2.78. The second-order valence-electron chi connectivity index (χ2n) is 4.14. The second kappa shape index (κ2) is 4.22. The SMILES string of the molecule is Cc1cc(=O)[nH]c(SCC2(CS)CC2)n1. The Labute approximate surface area is 98.5 Å². The van der Waals surface area contributed by atoms with Crippen LogP contribution in [-0.4, -0.2) is 21.5 Å². The number of aromatic amines is 1. The van der Waals surface area contributed by atoms with Crippen molar-refractivity contribution in [2.45, 2.75) is 24.9 Å². The molecular formula is C10H14N2OS2. The highest BCUT2D eigenvalue weighted by Gasteiger charge is 2.41. The van der Waals surface area contributed by atoms with Crippen LogP contribution in [0.4, 0.5) is 0 Å². The molecule has 0 unspecified atom stereocenters. The van der Waals surface area contributed by atoms with Crippen LogP contribution in [0.3, 0.4) is 0 Å². The number of rotatable bonds is 4. The highest BCUT2D eigenvalue weighted by Crippen LogP contribution is 2.49. The lowest BCUT2D eigenvalue weighted by atomic mass is 10.2. The van der Waals surface area contributed by atoms with Gasteiger partial charge in [0.25, 0.3) is 5.56 Å². The van der Waals surface area contributed by atoms with Crippen LogP contribution in [0.1, 0.15) is 18.5 Å². The van der Waals surface area contributed by atoms with Crippen molar-refractivity contribution >= 4 is 24.4 Å². The minimum Gasteiger partial charge on any atom is -0.301 e. The average molecular weight is 242 g/mol. The van der Waals surface area contributed by atoms with Gasteiger partial charge in [-0.15, -0.1) is 0 Å². The minimum absolute atomic E-state index is 0.0688. The first kappa shape index (κ1) is 11.1. The molecule has 1 heterocycles. The monoisotopic (exact) mass is 242 g/mol. The van der Waals surface area contributed by atoms with Crippen LogP contribution in [0.25, 0.3) is 0 Å². The van der Waals surface area contributed by atoms with Gasteiger partial charge >= 0.3 is 0 Å². The molecule has 1 fully saturated rings. The molecule has 0 radical (unpaired) electrons. The Bertz CT molecular complexity index is 412. The lowest BCUT2D eigenvalue weighted by Crippen LogP contribution is -2.11. The third-order valence-electron chi connectivity index (χ3n) is 2.66. The van der Waals surface area contributed by atoms with E-state index in [9.17, 15) is 4.79 Å². The Balaban J connectivity index is 2.02.